The molecule has 2 N–H and O–H groups in total. The van der Waals surface area contributed by atoms with Crippen LogP contribution in [0.2, 0.25) is 0 Å². The van der Waals surface area contributed by atoms with Crippen molar-refractivity contribution in [1.82, 2.24) is 0 Å². The van der Waals surface area contributed by atoms with Crippen LogP contribution in [-0.4, -0.2) is 17.6 Å². The maximum absolute atomic E-state index is 13.1. The molecule has 5 heteroatoms. The number of carbonyl (C=O) groups excluding carboxylic acids is 1. The van der Waals surface area contributed by atoms with E-state index in [0.717, 1.165) is 22.4 Å². The number of amides is 1. The van der Waals surface area contributed by atoms with E-state index < -0.39 is 0 Å². The highest BCUT2D eigenvalue weighted by molar-refractivity contribution is 6.12. The van der Waals surface area contributed by atoms with Crippen molar-refractivity contribution in [3.8, 4) is 5.75 Å². The smallest absolute Gasteiger partial charge is 0.257 e. The lowest BCUT2D eigenvalue weighted by Crippen LogP contribution is -2.26. The zero-order valence-electron chi connectivity index (χ0n) is 17.9. The maximum atomic E-state index is 13.1. The number of anilines is 2. The quantitative estimate of drug-likeness (QED) is 0.746. The van der Waals surface area contributed by atoms with Gasteiger partial charge in [0, 0.05) is 17.3 Å². The molecule has 0 radical (unpaired) electrons. The molecule has 0 saturated heterocycles. The average Bonchev–Trinajstić information content (AvgIpc) is 3.19. The summed E-state index contributed by atoms with van der Waals surface area (Å²) in [5, 5.41) is 15.4. The fraction of sp³-hybridized carbons (Fsp3) is 0.375. The number of hydrogen-bond donors (Lipinski definition) is 2. The normalized spacial score (nSPS) is 15.4. The van der Waals surface area contributed by atoms with Gasteiger partial charge in [0.25, 0.3) is 5.91 Å². The average molecular weight is 392 g/mol. The summed E-state index contributed by atoms with van der Waals surface area (Å²) >= 11 is 0. The summed E-state index contributed by atoms with van der Waals surface area (Å²) in [6, 6.07) is 11.5. The van der Waals surface area contributed by atoms with Crippen molar-refractivity contribution in [1.29, 1.82) is 0 Å². The molecule has 2 aromatic rings. The van der Waals surface area contributed by atoms with Gasteiger partial charge >= 0.3 is 0 Å². The summed E-state index contributed by atoms with van der Waals surface area (Å²) in [5.41, 5.74) is 4.61. The predicted octanol–water partition coefficient (Wildman–Crippen LogP) is 5.10. The molecule has 0 unspecified atom stereocenters. The number of hydroxylamine groups is 1. The number of hydrogen-bond acceptors (Lipinski definition) is 4. The van der Waals surface area contributed by atoms with Crippen molar-refractivity contribution in [2.45, 2.75) is 52.4 Å². The van der Waals surface area contributed by atoms with Crippen molar-refractivity contribution in [3.05, 3.63) is 58.7 Å². The number of phenolic OH excluding ortho intramolecular Hbond substituents is 1. The molecule has 5 nitrogen and oxygen atoms in total. The van der Waals surface area contributed by atoms with Crippen molar-refractivity contribution < 1.29 is 14.7 Å². The van der Waals surface area contributed by atoms with Crippen molar-refractivity contribution >= 4 is 23.0 Å². The van der Waals surface area contributed by atoms with Gasteiger partial charge < -0.3 is 15.3 Å². The van der Waals surface area contributed by atoms with Crippen LogP contribution in [0.1, 0.15) is 58.2 Å². The van der Waals surface area contributed by atoms with Gasteiger partial charge in [-0.2, -0.15) is 0 Å². The number of rotatable bonds is 2. The SMILES string of the molecule is CC(C)(C)c1cc(C(C)(C)C)c(NC(=O)C2=C3ON(C2)c2ccccc23)cc1O. The predicted molar refractivity (Wildman–Crippen MR) is 116 cm³/mol. The zero-order valence-corrected chi connectivity index (χ0v) is 17.9. The lowest BCUT2D eigenvalue weighted by Gasteiger charge is -2.28. The minimum atomic E-state index is -0.203. The Morgan fingerprint density at radius 2 is 1.69 bits per heavy atom. The minimum Gasteiger partial charge on any atom is -0.508 e. The number of fused-ring (bicyclic) bond motifs is 5. The second-order valence-electron chi connectivity index (χ2n) is 9.82. The molecular weight excluding hydrogens is 364 g/mol. The number of carbonyl (C=O) groups is 1. The first-order valence-electron chi connectivity index (χ1n) is 9.94. The molecule has 0 aliphatic carbocycles. The van der Waals surface area contributed by atoms with Gasteiger partial charge in [0.2, 0.25) is 0 Å². The first-order valence-corrected chi connectivity index (χ1v) is 9.94. The monoisotopic (exact) mass is 392 g/mol. The second-order valence-corrected chi connectivity index (χ2v) is 9.82. The lowest BCUT2D eigenvalue weighted by molar-refractivity contribution is -0.112. The fourth-order valence-electron chi connectivity index (χ4n) is 3.93. The van der Waals surface area contributed by atoms with Crippen molar-refractivity contribution in [3.63, 3.8) is 0 Å². The molecule has 0 atom stereocenters. The molecule has 0 aromatic heterocycles. The Bertz CT molecular complexity index is 1040. The van der Waals surface area contributed by atoms with E-state index in [1.807, 2.05) is 30.3 Å². The van der Waals surface area contributed by atoms with Gasteiger partial charge in [-0.1, -0.05) is 53.7 Å². The summed E-state index contributed by atoms with van der Waals surface area (Å²) in [6.45, 7) is 12.9. The third-order valence-corrected chi connectivity index (χ3v) is 5.47. The molecule has 1 amide bonds. The number of benzene rings is 2. The minimum absolute atomic E-state index is 0.191. The molecule has 4 rings (SSSR count). The van der Waals surface area contributed by atoms with E-state index in [-0.39, 0.29) is 22.5 Å². The van der Waals surface area contributed by atoms with Crippen LogP contribution in [0, 0.1) is 0 Å². The van der Waals surface area contributed by atoms with E-state index in [0.29, 0.717) is 23.6 Å². The molecule has 0 saturated carbocycles. The van der Waals surface area contributed by atoms with Crippen LogP contribution in [0.15, 0.2) is 42.0 Å². The number of phenols is 1. The number of para-hydroxylation sites is 1. The summed E-state index contributed by atoms with van der Waals surface area (Å²) < 4.78 is 0. The fourth-order valence-corrected chi connectivity index (χ4v) is 3.93. The Hall–Kier alpha value is -2.95. The van der Waals surface area contributed by atoms with E-state index in [4.69, 9.17) is 4.84 Å². The first kappa shape index (κ1) is 19.4. The van der Waals surface area contributed by atoms with Gasteiger partial charge in [-0.05, 0) is 40.2 Å². The Balaban J connectivity index is 1.72. The second kappa shape index (κ2) is 6.28. The van der Waals surface area contributed by atoms with Crippen LogP contribution < -0.4 is 10.4 Å². The largest absolute Gasteiger partial charge is 0.508 e. The highest BCUT2D eigenvalue weighted by Gasteiger charge is 2.39. The van der Waals surface area contributed by atoms with Crippen LogP contribution in [0.5, 0.6) is 5.75 Å². The molecule has 2 aliphatic rings. The van der Waals surface area contributed by atoms with E-state index in [2.05, 4.69) is 46.9 Å². The molecule has 2 bridgehead atoms. The molecule has 29 heavy (non-hydrogen) atoms. The summed E-state index contributed by atoms with van der Waals surface area (Å²) in [6.07, 6.45) is 0. The topological polar surface area (TPSA) is 61.8 Å². The van der Waals surface area contributed by atoms with Crippen LogP contribution in [0.25, 0.3) is 5.76 Å². The molecular formula is C24H28N2O3. The third-order valence-electron chi connectivity index (χ3n) is 5.47. The summed E-state index contributed by atoms with van der Waals surface area (Å²) in [4.78, 5) is 18.9. The highest BCUT2D eigenvalue weighted by atomic mass is 16.7. The van der Waals surface area contributed by atoms with Gasteiger partial charge in [0.05, 0.1) is 17.8 Å². The number of nitrogens with one attached hydrogen (secondary N) is 1. The number of nitrogens with zero attached hydrogens (tertiary/aromatic N) is 1. The van der Waals surface area contributed by atoms with E-state index >= 15 is 0 Å². The van der Waals surface area contributed by atoms with Crippen LogP contribution in [0.3, 0.4) is 0 Å². The van der Waals surface area contributed by atoms with Crippen LogP contribution in [-0.2, 0) is 20.5 Å². The third kappa shape index (κ3) is 3.24. The maximum Gasteiger partial charge on any atom is 0.257 e. The van der Waals surface area contributed by atoms with Crippen molar-refractivity contribution in [2.24, 2.45) is 0 Å². The molecule has 0 spiro atoms. The standard InChI is InChI=1S/C24H28N2O3/c1-23(2,3)16-11-17(24(4,5)6)20(27)12-18(16)25-22(28)15-13-26-19-10-8-7-9-14(19)21(15)29-26/h7-12,27H,13H2,1-6H3,(H,25,28). The highest BCUT2D eigenvalue weighted by Crippen LogP contribution is 2.44. The van der Waals surface area contributed by atoms with Gasteiger partial charge in [0.1, 0.15) is 5.75 Å². The molecule has 0 fully saturated rings. The summed E-state index contributed by atoms with van der Waals surface area (Å²) in [5.74, 6) is 0.605. The zero-order chi connectivity index (χ0) is 21.1. The van der Waals surface area contributed by atoms with E-state index in [1.54, 1.807) is 11.1 Å². The summed E-state index contributed by atoms with van der Waals surface area (Å²) in [7, 11) is 0. The Morgan fingerprint density at radius 3 is 2.34 bits per heavy atom. The molecule has 2 aromatic carbocycles. The lowest BCUT2D eigenvalue weighted by atomic mass is 9.79. The van der Waals surface area contributed by atoms with E-state index in [1.165, 1.54) is 0 Å². The molecule has 152 valence electrons. The first-order chi connectivity index (χ1) is 13.5. The van der Waals surface area contributed by atoms with Crippen LogP contribution >= 0.6 is 0 Å². The molecule has 2 heterocycles. The van der Waals surface area contributed by atoms with Crippen LogP contribution in [0.4, 0.5) is 11.4 Å². The Morgan fingerprint density at radius 1 is 1.03 bits per heavy atom. The Labute approximate surface area is 171 Å². The van der Waals surface area contributed by atoms with E-state index in [9.17, 15) is 9.90 Å². The Kier molecular flexibility index (Phi) is 4.19. The van der Waals surface area contributed by atoms with Gasteiger partial charge in [0.15, 0.2) is 5.76 Å². The number of aromatic hydroxyl groups is 1. The molecule has 2 aliphatic heterocycles. The van der Waals surface area contributed by atoms with Gasteiger partial charge in [-0.25, -0.2) is 5.06 Å². The van der Waals surface area contributed by atoms with Crippen molar-refractivity contribution in [2.75, 3.05) is 16.9 Å². The van der Waals surface area contributed by atoms with Gasteiger partial charge in [-0.3, -0.25) is 4.79 Å². The van der Waals surface area contributed by atoms with Gasteiger partial charge in [-0.15, -0.1) is 0 Å².